The summed E-state index contributed by atoms with van der Waals surface area (Å²) in [6.07, 6.45) is 4.31. The number of nitrogens with one attached hydrogen (secondary N) is 2. The third kappa shape index (κ3) is 3.90. The third-order valence-electron chi connectivity index (χ3n) is 3.90. The van der Waals surface area contributed by atoms with Gasteiger partial charge in [-0.2, -0.15) is 5.10 Å². The summed E-state index contributed by atoms with van der Waals surface area (Å²) in [6, 6.07) is 10.1. The Labute approximate surface area is 162 Å². The summed E-state index contributed by atoms with van der Waals surface area (Å²) in [4.78, 5) is 4.40. The number of hydrogen-bond acceptors (Lipinski definition) is 7. The molecule has 0 spiro atoms. The van der Waals surface area contributed by atoms with Crippen molar-refractivity contribution in [2.45, 2.75) is 12.5 Å². The summed E-state index contributed by atoms with van der Waals surface area (Å²) in [7, 11) is 0. The van der Waals surface area contributed by atoms with Gasteiger partial charge >= 0.3 is 0 Å². The van der Waals surface area contributed by atoms with Crippen LogP contribution in [0.5, 0.6) is 0 Å². The second kappa shape index (κ2) is 7.48. The summed E-state index contributed by atoms with van der Waals surface area (Å²) in [5.74, 6) is 0. The van der Waals surface area contributed by atoms with E-state index in [0.29, 0.717) is 6.54 Å². The molecule has 0 bridgehead atoms. The summed E-state index contributed by atoms with van der Waals surface area (Å²) in [5.41, 5.74) is 9.11. The number of H-pyrrole nitrogens is 1. The maximum atomic E-state index is 6.22. The lowest BCUT2D eigenvalue weighted by molar-refractivity contribution is 0.698. The number of aromatic amines is 1. The zero-order valence-electron chi connectivity index (χ0n) is 13.7. The minimum atomic E-state index is -0.0102. The van der Waals surface area contributed by atoms with Crippen molar-refractivity contribution < 1.29 is 0 Å². The van der Waals surface area contributed by atoms with Crippen LogP contribution < -0.4 is 11.1 Å². The first-order valence-corrected chi connectivity index (χ1v) is 9.65. The summed E-state index contributed by atoms with van der Waals surface area (Å²) >= 11 is 4.90. The van der Waals surface area contributed by atoms with Gasteiger partial charge in [-0.3, -0.25) is 10.1 Å². The van der Waals surface area contributed by atoms with Crippen LogP contribution in [0.25, 0.3) is 21.6 Å². The second-order valence-corrected chi connectivity index (χ2v) is 7.80. The molecule has 132 valence electrons. The number of nitrogens with zero attached hydrogens (tertiary/aromatic N) is 4. The van der Waals surface area contributed by atoms with Crippen molar-refractivity contribution in [3.63, 3.8) is 0 Å². The predicted octanol–water partition coefficient (Wildman–Crippen LogP) is 3.22. The van der Waals surface area contributed by atoms with Gasteiger partial charge in [0.15, 0.2) is 5.01 Å². The molecule has 0 saturated carbocycles. The van der Waals surface area contributed by atoms with E-state index in [1.807, 2.05) is 18.2 Å². The Morgan fingerprint density at radius 2 is 2.04 bits per heavy atom. The minimum absolute atomic E-state index is 0.0102. The molecule has 7 nitrogen and oxygen atoms in total. The molecule has 4 N–H and O–H groups in total. The monoisotopic (exact) mass is 429 g/mol. The Bertz CT molecular complexity index is 1010. The molecule has 0 aliphatic rings. The first-order chi connectivity index (χ1) is 12.7. The van der Waals surface area contributed by atoms with E-state index in [2.05, 4.69) is 58.8 Å². The molecular weight excluding hydrogens is 414 g/mol. The van der Waals surface area contributed by atoms with Crippen LogP contribution in [0.2, 0.25) is 0 Å². The fraction of sp³-hybridized carbons (Fsp3) is 0.176. The lowest BCUT2D eigenvalue weighted by Crippen LogP contribution is -2.31. The number of nitrogens with two attached hydrogens (primary N) is 1. The number of fused-ring (bicyclic) bond motifs is 1. The van der Waals surface area contributed by atoms with Crippen molar-refractivity contribution in [2.24, 2.45) is 5.73 Å². The number of pyridine rings is 1. The fourth-order valence-electron chi connectivity index (χ4n) is 2.57. The quantitative estimate of drug-likeness (QED) is 0.434. The van der Waals surface area contributed by atoms with E-state index in [-0.39, 0.29) is 6.04 Å². The number of halogens is 1. The zero-order valence-corrected chi connectivity index (χ0v) is 16.1. The van der Waals surface area contributed by atoms with Crippen molar-refractivity contribution in [3.8, 4) is 10.7 Å². The predicted molar refractivity (Wildman–Crippen MR) is 107 cm³/mol. The standard InChI is InChI=1S/C17H16BrN7S/c18-12-3-1-10(2-4-12)5-13(19)8-21-17-25-24-16(26-17)14-6-11-7-22-23-15(11)9-20-14/h1-4,6-7,9,13H,5,8,19H2,(H,21,25)(H,22,23). The van der Waals surface area contributed by atoms with Gasteiger partial charge in [0.2, 0.25) is 5.13 Å². The van der Waals surface area contributed by atoms with Crippen LogP contribution in [0.1, 0.15) is 5.56 Å². The lowest BCUT2D eigenvalue weighted by atomic mass is 10.1. The summed E-state index contributed by atoms with van der Waals surface area (Å²) < 4.78 is 1.07. The lowest BCUT2D eigenvalue weighted by Gasteiger charge is -2.12. The molecule has 1 aromatic carbocycles. The molecular formula is C17H16BrN7S. The molecule has 1 atom stereocenters. The highest BCUT2D eigenvalue weighted by Gasteiger charge is 2.11. The highest BCUT2D eigenvalue weighted by atomic mass is 79.9. The van der Waals surface area contributed by atoms with Crippen molar-refractivity contribution in [1.29, 1.82) is 0 Å². The van der Waals surface area contributed by atoms with Gasteiger partial charge in [-0.1, -0.05) is 39.4 Å². The van der Waals surface area contributed by atoms with Crippen molar-refractivity contribution in [3.05, 3.63) is 52.8 Å². The number of aromatic nitrogens is 5. The van der Waals surface area contributed by atoms with Gasteiger partial charge in [-0.15, -0.1) is 10.2 Å². The largest absolute Gasteiger partial charge is 0.359 e. The highest BCUT2D eigenvalue weighted by Crippen LogP contribution is 2.26. The SMILES string of the molecule is NC(CNc1nnc(-c2cc3cn[nH]c3cn2)s1)Cc1ccc(Br)cc1. The Balaban J connectivity index is 1.37. The van der Waals surface area contributed by atoms with Crippen LogP contribution in [0.4, 0.5) is 5.13 Å². The number of anilines is 1. The zero-order chi connectivity index (χ0) is 17.9. The number of rotatable bonds is 6. The number of hydrogen-bond donors (Lipinski definition) is 3. The average molecular weight is 430 g/mol. The maximum Gasteiger partial charge on any atom is 0.206 e. The van der Waals surface area contributed by atoms with Gasteiger partial charge in [0.1, 0.15) is 5.69 Å². The first-order valence-electron chi connectivity index (χ1n) is 8.04. The van der Waals surface area contributed by atoms with Crippen LogP contribution in [-0.2, 0) is 6.42 Å². The molecule has 0 fully saturated rings. The summed E-state index contributed by atoms with van der Waals surface area (Å²) in [6.45, 7) is 0.624. The third-order valence-corrected chi connectivity index (χ3v) is 5.33. The van der Waals surface area contributed by atoms with E-state index in [1.165, 1.54) is 16.9 Å². The van der Waals surface area contributed by atoms with Crippen LogP contribution in [0, 0.1) is 0 Å². The van der Waals surface area contributed by atoms with E-state index in [0.717, 1.165) is 37.6 Å². The Morgan fingerprint density at radius 3 is 2.88 bits per heavy atom. The fourth-order valence-corrected chi connectivity index (χ4v) is 3.55. The molecule has 9 heteroatoms. The van der Waals surface area contributed by atoms with E-state index in [4.69, 9.17) is 5.73 Å². The maximum absolute atomic E-state index is 6.22. The molecule has 3 aromatic heterocycles. The van der Waals surface area contributed by atoms with Gasteiger partial charge in [-0.25, -0.2) is 0 Å². The molecule has 4 aromatic rings. The van der Waals surface area contributed by atoms with Gasteiger partial charge in [0.05, 0.1) is 17.9 Å². The normalized spacial score (nSPS) is 12.4. The van der Waals surface area contributed by atoms with Crippen LogP contribution in [0.15, 0.2) is 47.2 Å². The molecule has 0 aliphatic carbocycles. The minimum Gasteiger partial charge on any atom is -0.359 e. The smallest absolute Gasteiger partial charge is 0.206 e. The van der Waals surface area contributed by atoms with Crippen LogP contribution in [-0.4, -0.2) is 38.0 Å². The molecule has 1 unspecified atom stereocenters. The van der Waals surface area contributed by atoms with E-state index < -0.39 is 0 Å². The molecule has 26 heavy (non-hydrogen) atoms. The molecule has 4 rings (SSSR count). The van der Waals surface area contributed by atoms with Crippen molar-refractivity contribution in [2.75, 3.05) is 11.9 Å². The molecule has 0 saturated heterocycles. The topological polar surface area (TPSA) is 105 Å². The molecule has 0 radical (unpaired) electrons. The van der Waals surface area contributed by atoms with Gasteiger partial charge in [-0.05, 0) is 30.2 Å². The molecule has 0 aliphatic heterocycles. The Morgan fingerprint density at radius 1 is 1.19 bits per heavy atom. The number of benzene rings is 1. The molecule has 0 amide bonds. The highest BCUT2D eigenvalue weighted by molar-refractivity contribution is 9.10. The second-order valence-electron chi connectivity index (χ2n) is 5.91. The Kier molecular flexibility index (Phi) is 4.91. The Hall–Kier alpha value is -2.36. The summed E-state index contributed by atoms with van der Waals surface area (Å²) in [5, 5.41) is 21.0. The van der Waals surface area contributed by atoms with Crippen LogP contribution >= 0.6 is 27.3 Å². The van der Waals surface area contributed by atoms with Crippen molar-refractivity contribution >= 4 is 43.3 Å². The first kappa shape index (κ1) is 17.1. The van der Waals surface area contributed by atoms with E-state index in [9.17, 15) is 0 Å². The average Bonchev–Trinajstić information content (AvgIpc) is 3.30. The van der Waals surface area contributed by atoms with E-state index in [1.54, 1.807) is 12.4 Å². The van der Waals surface area contributed by atoms with Crippen LogP contribution in [0.3, 0.4) is 0 Å². The van der Waals surface area contributed by atoms with Gasteiger partial charge in [0.25, 0.3) is 0 Å². The van der Waals surface area contributed by atoms with E-state index >= 15 is 0 Å². The van der Waals surface area contributed by atoms with Gasteiger partial charge < -0.3 is 11.1 Å². The van der Waals surface area contributed by atoms with Crippen molar-refractivity contribution in [1.82, 2.24) is 25.4 Å². The molecule has 3 heterocycles. The van der Waals surface area contributed by atoms with Gasteiger partial charge in [0, 0.05) is 22.4 Å².